The van der Waals surface area contributed by atoms with Gasteiger partial charge < -0.3 is 5.73 Å². The van der Waals surface area contributed by atoms with Gasteiger partial charge in [0.05, 0.1) is 24.3 Å². The van der Waals surface area contributed by atoms with E-state index in [0.29, 0.717) is 0 Å². The van der Waals surface area contributed by atoms with Crippen molar-refractivity contribution in [2.45, 2.75) is 13.0 Å². The van der Waals surface area contributed by atoms with Crippen molar-refractivity contribution < 1.29 is 0 Å². The van der Waals surface area contributed by atoms with Crippen LogP contribution in [-0.2, 0) is 7.05 Å². The fourth-order valence-corrected chi connectivity index (χ4v) is 1.14. The number of hydrogen-bond donors (Lipinski definition) is 1. The predicted octanol–water partition coefficient (Wildman–Crippen LogP) is 0.0205. The zero-order chi connectivity index (χ0) is 10.1. The van der Waals surface area contributed by atoms with Gasteiger partial charge in [-0.3, -0.25) is 4.68 Å². The van der Waals surface area contributed by atoms with E-state index in [1.807, 2.05) is 26.4 Å². The first-order valence-corrected chi connectivity index (χ1v) is 4.33. The molecule has 0 fully saturated rings. The van der Waals surface area contributed by atoms with Crippen LogP contribution in [0.15, 0.2) is 18.6 Å². The molecule has 1 atom stereocenters. The van der Waals surface area contributed by atoms with Gasteiger partial charge in [0.2, 0.25) is 0 Å². The average Bonchev–Trinajstić information content (AvgIpc) is 2.70. The Morgan fingerprint density at radius 2 is 2.21 bits per heavy atom. The maximum absolute atomic E-state index is 5.67. The van der Waals surface area contributed by atoms with Crippen LogP contribution in [0.4, 0.5) is 0 Å². The molecule has 0 amide bonds. The summed E-state index contributed by atoms with van der Waals surface area (Å²) >= 11 is 0. The largest absolute Gasteiger partial charge is 0.323 e. The van der Waals surface area contributed by atoms with Crippen LogP contribution >= 0.6 is 0 Å². The maximum atomic E-state index is 5.67. The second kappa shape index (κ2) is 3.22. The van der Waals surface area contributed by atoms with Crippen LogP contribution in [0, 0.1) is 0 Å². The summed E-state index contributed by atoms with van der Waals surface area (Å²) < 4.78 is 3.37. The van der Waals surface area contributed by atoms with Crippen molar-refractivity contribution in [3.8, 4) is 5.69 Å². The molecule has 0 aliphatic heterocycles. The highest BCUT2D eigenvalue weighted by Gasteiger charge is 2.06. The molecule has 1 unspecified atom stereocenters. The smallest absolute Gasteiger partial charge is 0.104 e. The average molecular weight is 192 g/mol. The molecule has 6 nitrogen and oxygen atoms in total. The van der Waals surface area contributed by atoms with Crippen molar-refractivity contribution in [1.29, 1.82) is 0 Å². The van der Waals surface area contributed by atoms with Crippen LogP contribution in [0.2, 0.25) is 0 Å². The van der Waals surface area contributed by atoms with Crippen molar-refractivity contribution in [1.82, 2.24) is 24.8 Å². The topological polar surface area (TPSA) is 74.6 Å². The standard InChI is InChI=1S/C8H12N6/c1-6(9)8-5-14(12-11-8)7-3-10-13(2)4-7/h3-6H,9H2,1-2H3. The normalized spacial score (nSPS) is 13.1. The van der Waals surface area contributed by atoms with Crippen LogP contribution in [-0.4, -0.2) is 24.8 Å². The van der Waals surface area contributed by atoms with Crippen LogP contribution in [0.25, 0.3) is 5.69 Å². The first-order chi connectivity index (χ1) is 6.66. The lowest BCUT2D eigenvalue weighted by molar-refractivity contribution is 0.753. The van der Waals surface area contributed by atoms with E-state index in [9.17, 15) is 0 Å². The molecule has 2 aromatic rings. The molecule has 0 aliphatic rings. The summed E-state index contributed by atoms with van der Waals surface area (Å²) in [6, 6.07) is -0.0968. The molecule has 74 valence electrons. The summed E-state index contributed by atoms with van der Waals surface area (Å²) in [7, 11) is 1.85. The predicted molar refractivity (Wildman–Crippen MR) is 50.7 cm³/mol. The van der Waals surface area contributed by atoms with E-state index >= 15 is 0 Å². The number of aromatic nitrogens is 5. The van der Waals surface area contributed by atoms with Gasteiger partial charge in [-0.25, -0.2) is 4.68 Å². The number of nitrogens with two attached hydrogens (primary N) is 1. The van der Waals surface area contributed by atoms with Crippen LogP contribution < -0.4 is 5.73 Å². The summed E-state index contributed by atoms with van der Waals surface area (Å²) in [4.78, 5) is 0. The van der Waals surface area contributed by atoms with Crippen molar-refractivity contribution >= 4 is 0 Å². The fourth-order valence-electron chi connectivity index (χ4n) is 1.14. The van der Waals surface area contributed by atoms with Gasteiger partial charge in [-0.2, -0.15) is 5.10 Å². The molecule has 0 radical (unpaired) electrons. The Balaban J connectivity index is 2.33. The molecule has 0 saturated heterocycles. The molecule has 0 bridgehead atoms. The number of aryl methyl sites for hydroxylation is 1. The summed E-state index contributed by atoms with van der Waals surface area (Å²) in [6.45, 7) is 1.87. The lowest BCUT2D eigenvalue weighted by atomic mass is 10.3. The molecule has 2 N–H and O–H groups in total. The van der Waals surface area contributed by atoms with Crippen LogP contribution in [0.5, 0.6) is 0 Å². The molecular formula is C8H12N6. The van der Waals surface area contributed by atoms with Crippen molar-refractivity contribution in [3.05, 3.63) is 24.3 Å². The molecule has 2 rings (SSSR count). The quantitative estimate of drug-likeness (QED) is 0.728. The van der Waals surface area contributed by atoms with E-state index in [-0.39, 0.29) is 6.04 Å². The van der Waals surface area contributed by atoms with Gasteiger partial charge in [-0.05, 0) is 6.92 Å². The van der Waals surface area contributed by atoms with E-state index in [2.05, 4.69) is 15.4 Å². The molecule has 0 aromatic carbocycles. The fraction of sp³-hybridized carbons (Fsp3) is 0.375. The molecule has 14 heavy (non-hydrogen) atoms. The Morgan fingerprint density at radius 3 is 2.71 bits per heavy atom. The first kappa shape index (κ1) is 8.89. The summed E-state index contributed by atoms with van der Waals surface area (Å²) in [5.74, 6) is 0. The Labute approximate surface area is 81.3 Å². The van der Waals surface area contributed by atoms with E-state index < -0.39 is 0 Å². The molecular weight excluding hydrogens is 180 g/mol. The lowest BCUT2D eigenvalue weighted by Crippen LogP contribution is -2.04. The highest BCUT2D eigenvalue weighted by atomic mass is 15.4. The van der Waals surface area contributed by atoms with Gasteiger partial charge in [0, 0.05) is 13.1 Å². The van der Waals surface area contributed by atoms with Gasteiger partial charge in [-0.1, -0.05) is 5.21 Å². The van der Waals surface area contributed by atoms with Gasteiger partial charge >= 0.3 is 0 Å². The minimum absolute atomic E-state index is 0.0968. The molecule has 0 saturated carbocycles. The lowest BCUT2D eigenvalue weighted by Gasteiger charge is -1.95. The van der Waals surface area contributed by atoms with E-state index in [4.69, 9.17) is 5.73 Å². The van der Waals surface area contributed by atoms with Gasteiger partial charge in [0.15, 0.2) is 0 Å². The Hall–Kier alpha value is -1.69. The number of rotatable bonds is 2. The van der Waals surface area contributed by atoms with E-state index in [0.717, 1.165) is 11.4 Å². The zero-order valence-electron chi connectivity index (χ0n) is 8.12. The summed E-state index contributed by atoms with van der Waals surface area (Å²) in [6.07, 6.45) is 5.39. The van der Waals surface area contributed by atoms with Gasteiger partial charge in [0.25, 0.3) is 0 Å². The van der Waals surface area contributed by atoms with Crippen molar-refractivity contribution in [2.24, 2.45) is 12.8 Å². The second-order valence-electron chi connectivity index (χ2n) is 3.25. The molecule has 0 aliphatic carbocycles. The van der Waals surface area contributed by atoms with Crippen molar-refractivity contribution in [3.63, 3.8) is 0 Å². The van der Waals surface area contributed by atoms with Gasteiger partial charge in [-0.15, -0.1) is 5.10 Å². The minimum atomic E-state index is -0.0968. The van der Waals surface area contributed by atoms with Gasteiger partial charge in [0.1, 0.15) is 5.69 Å². The zero-order valence-corrected chi connectivity index (χ0v) is 8.12. The number of hydrogen-bond acceptors (Lipinski definition) is 4. The maximum Gasteiger partial charge on any atom is 0.104 e. The third kappa shape index (κ3) is 1.51. The third-order valence-corrected chi connectivity index (χ3v) is 1.93. The first-order valence-electron chi connectivity index (χ1n) is 4.33. The highest BCUT2D eigenvalue weighted by Crippen LogP contribution is 2.08. The van der Waals surface area contributed by atoms with E-state index in [1.165, 1.54) is 0 Å². The summed E-state index contributed by atoms with van der Waals surface area (Å²) in [5.41, 5.74) is 7.33. The van der Waals surface area contributed by atoms with E-state index in [1.54, 1.807) is 15.6 Å². The van der Waals surface area contributed by atoms with Crippen molar-refractivity contribution in [2.75, 3.05) is 0 Å². The Kier molecular flexibility index (Phi) is 2.05. The Bertz CT molecular complexity index is 426. The molecule has 2 heterocycles. The Morgan fingerprint density at radius 1 is 1.43 bits per heavy atom. The number of nitrogens with zero attached hydrogens (tertiary/aromatic N) is 5. The molecule has 0 spiro atoms. The van der Waals surface area contributed by atoms with Crippen LogP contribution in [0.1, 0.15) is 18.7 Å². The second-order valence-corrected chi connectivity index (χ2v) is 3.25. The molecule has 6 heteroatoms. The SMILES string of the molecule is CC(N)c1cn(-c2cnn(C)c2)nn1. The monoisotopic (exact) mass is 192 g/mol. The third-order valence-electron chi connectivity index (χ3n) is 1.93. The minimum Gasteiger partial charge on any atom is -0.323 e. The highest BCUT2D eigenvalue weighted by molar-refractivity contribution is 5.23. The molecule has 2 aromatic heterocycles. The van der Waals surface area contributed by atoms with Crippen LogP contribution in [0.3, 0.4) is 0 Å². The summed E-state index contributed by atoms with van der Waals surface area (Å²) in [5, 5.41) is 12.0.